The Morgan fingerprint density at radius 1 is 1.33 bits per heavy atom. The molecule has 0 aliphatic heterocycles. The van der Waals surface area contributed by atoms with Gasteiger partial charge >= 0.3 is 5.97 Å². The summed E-state index contributed by atoms with van der Waals surface area (Å²) in [7, 11) is -2.44. The largest absolute Gasteiger partial charge is 0.497 e. The molecule has 0 aliphatic carbocycles. The Bertz CT molecular complexity index is 785. The molecule has 0 fully saturated rings. The van der Waals surface area contributed by atoms with E-state index < -0.39 is 16.0 Å². The maximum absolute atomic E-state index is 12.2. The maximum Gasteiger partial charge on any atom is 0.337 e. The third-order valence-electron chi connectivity index (χ3n) is 2.51. The molecule has 0 amide bonds. The number of anilines is 1. The van der Waals surface area contributed by atoms with E-state index in [1.807, 2.05) is 0 Å². The van der Waals surface area contributed by atoms with E-state index in [4.69, 9.17) is 9.84 Å². The zero-order valence-electron chi connectivity index (χ0n) is 10.7. The first kappa shape index (κ1) is 15.8. The number of benzene rings is 1. The molecule has 1 aromatic heterocycles. The van der Waals surface area contributed by atoms with Gasteiger partial charge in [0, 0.05) is 0 Å². The van der Waals surface area contributed by atoms with Gasteiger partial charge in [-0.05, 0) is 46.3 Å². The topological polar surface area (TPSA) is 92.7 Å². The van der Waals surface area contributed by atoms with Crippen LogP contribution in [-0.2, 0) is 10.0 Å². The highest BCUT2D eigenvalue weighted by Gasteiger charge is 2.20. The van der Waals surface area contributed by atoms with Crippen LogP contribution in [0.15, 0.2) is 38.3 Å². The molecule has 6 nitrogen and oxygen atoms in total. The molecule has 0 atom stereocenters. The summed E-state index contributed by atoms with van der Waals surface area (Å²) in [5.41, 5.74) is -0.207. The number of hydrogen-bond donors (Lipinski definition) is 2. The number of aromatic carboxylic acids is 1. The van der Waals surface area contributed by atoms with Gasteiger partial charge < -0.3 is 9.84 Å². The van der Waals surface area contributed by atoms with Crippen LogP contribution in [0.25, 0.3) is 0 Å². The first-order chi connectivity index (χ1) is 9.83. The Balaban J connectivity index is 2.41. The van der Waals surface area contributed by atoms with Gasteiger partial charge in [-0.15, -0.1) is 11.3 Å². The maximum atomic E-state index is 12.2. The van der Waals surface area contributed by atoms with E-state index in [9.17, 15) is 13.2 Å². The normalized spacial score (nSPS) is 11.1. The van der Waals surface area contributed by atoms with Crippen molar-refractivity contribution in [2.45, 2.75) is 4.21 Å². The summed E-state index contributed by atoms with van der Waals surface area (Å²) < 4.78 is 32.4. The molecule has 0 saturated carbocycles. The number of hydrogen-bond acceptors (Lipinski definition) is 5. The van der Waals surface area contributed by atoms with E-state index in [0.29, 0.717) is 9.54 Å². The molecule has 2 N–H and O–H groups in total. The number of ether oxygens (including phenoxy) is 1. The second-order valence-electron chi connectivity index (χ2n) is 3.88. The van der Waals surface area contributed by atoms with Crippen molar-refractivity contribution < 1.29 is 23.1 Å². The van der Waals surface area contributed by atoms with E-state index in [2.05, 4.69) is 20.7 Å². The summed E-state index contributed by atoms with van der Waals surface area (Å²) in [4.78, 5) is 11.2. The number of carboxylic acids is 1. The Morgan fingerprint density at radius 2 is 2.05 bits per heavy atom. The fourth-order valence-electron chi connectivity index (χ4n) is 1.55. The standard InChI is InChI=1S/C12H10BrNO5S2/c1-19-7-2-3-9(8(6-7)12(15)16)14-21(17,18)11-5-4-10(13)20-11/h2-6,14H,1H3,(H,15,16). The molecular weight excluding hydrogens is 382 g/mol. The van der Waals surface area contributed by atoms with Crippen LogP contribution in [0.3, 0.4) is 0 Å². The Hall–Kier alpha value is -1.58. The first-order valence-corrected chi connectivity index (χ1v) is 8.62. The van der Waals surface area contributed by atoms with Crippen LogP contribution in [0.2, 0.25) is 0 Å². The van der Waals surface area contributed by atoms with E-state index >= 15 is 0 Å². The zero-order valence-corrected chi connectivity index (χ0v) is 13.9. The van der Waals surface area contributed by atoms with Crippen LogP contribution in [0.1, 0.15) is 10.4 Å². The predicted molar refractivity (Wildman–Crippen MR) is 82.8 cm³/mol. The van der Waals surface area contributed by atoms with Crippen molar-refractivity contribution in [1.29, 1.82) is 0 Å². The molecule has 1 aromatic carbocycles. The van der Waals surface area contributed by atoms with Crippen LogP contribution < -0.4 is 9.46 Å². The molecule has 0 bridgehead atoms. The fourth-order valence-corrected chi connectivity index (χ4v) is 4.64. The van der Waals surface area contributed by atoms with Gasteiger partial charge in [-0.3, -0.25) is 4.72 Å². The van der Waals surface area contributed by atoms with Gasteiger partial charge in [0.2, 0.25) is 0 Å². The predicted octanol–water partition coefficient (Wildman–Crippen LogP) is 3.02. The number of nitrogens with one attached hydrogen (secondary N) is 1. The molecule has 9 heteroatoms. The van der Waals surface area contributed by atoms with Gasteiger partial charge in [0.25, 0.3) is 10.0 Å². The lowest BCUT2D eigenvalue weighted by Crippen LogP contribution is -2.14. The van der Waals surface area contributed by atoms with Crippen molar-refractivity contribution in [2.24, 2.45) is 0 Å². The average molecular weight is 392 g/mol. The van der Waals surface area contributed by atoms with Gasteiger partial charge in [0.15, 0.2) is 0 Å². The van der Waals surface area contributed by atoms with E-state index in [1.165, 1.54) is 31.4 Å². The summed E-state index contributed by atoms with van der Waals surface area (Å²) >= 11 is 4.21. The molecule has 112 valence electrons. The summed E-state index contributed by atoms with van der Waals surface area (Å²) in [6.45, 7) is 0. The minimum absolute atomic E-state index is 0.0205. The van der Waals surface area contributed by atoms with Crippen LogP contribution in [0, 0.1) is 0 Å². The molecule has 0 spiro atoms. The van der Waals surface area contributed by atoms with Crippen molar-refractivity contribution in [3.8, 4) is 5.75 Å². The summed E-state index contributed by atoms with van der Waals surface area (Å²) in [6, 6.07) is 7.12. The lowest BCUT2D eigenvalue weighted by Gasteiger charge is -2.10. The number of sulfonamides is 1. The van der Waals surface area contributed by atoms with Crippen molar-refractivity contribution >= 4 is 48.9 Å². The highest BCUT2D eigenvalue weighted by molar-refractivity contribution is 9.11. The molecule has 2 rings (SSSR count). The summed E-state index contributed by atoms with van der Waals surface area (Å²) in [5.74, 6) is -0.923. The van der Waals surface area contributed by atoms with Crippen LogP contribution in [0.5, 0.6) is 5.75 Å². The van der Waals surface area contributed by atoms with Crippen LogP contribution in [0.4, 0.5) is 5.69 Å². The van der Waals surface area contributed by atoms with Crippen molar-refractivity contribution in [1.82, 2.24) is 0 Å². The number of halogens is 1. The first-order valence-electron chi connectivity index (χ1n) is 5.53. The second-order valence-corrected chi connectivity index (χ2v) is 8.25. The van der Waals surface area contributed by atoms with E-state index in [1.54, 1.807) is 6.07 Å². The SMILES string of the molecule is COc1ccc(NS(=O)(=O)c2ccc(Br)s2)c(C(=O)O)c1. The van der Waals surface area contributed by atoms with Gasteiger partial charge in [-0.25, -0.2) is 13.2 Å². The molecule has 1 heterocycles. The fraction of sp³-hybridized carbons (Fsp3) is 0.0833. The molecule has 21 heavy (non-hydrogen) atoms. The monoisotopic (exact) mass is 391 g/mol. The quantitative estimate of drug-likeness (QED) is 0.816. The van der Waals surface area contributed by atoms with E-state index in [0.717, 1.165) is 11.3 Å². The number of rotatable bonds is 5. The molecule has 0 radical (unpaired) electrons. The summed E-state index contributed by atoms with van der Waals surface area (Å²) in [5, 5.41) is 9.16. The van der Waals surface area contributed by atoms with Gasteiger partial charge in [-0.1, -0.05) is 0 Å². The highest BCUT2D eigenvalue weighted by Crippen LogP contribution is 2.29. The molecule has 2 aromatic rings. The summed E-state index contributed by atoms with van der Waals surface area (Å²) in [6.07, 6.45) is 0. The number of methoxy groups -OCH3 is 1. The second kappa shape index (κ2) is 6.04. The van der Waals surface area contributed by atoms with Gasteiger partial charge in [0.1, 0.15) is 9.96 Å². The third-order valence-corrected chi connectivity index (χ3v) is 6.00. The Kier molecular flexibility index (Phi) is 4.55. The molecule has 0 unspecified atom stereocenters. The number of carboxylic acid groups (broad SMARTS) is 1. The van der Waals surface area contributed by atoms with Crippen molar-refractivity contribution in [3.05, 3.63) is 39.7 Å². The van der Waals surface area contributed by atoms with E-state index in [-0.39, 0.29) is 15.5 Å². The zero-order chi connectivity index (χ0) is 15.6. The number of carbonyl (C=O) groups is 1. The molecular formula is C12H10BrNO5S2. The van der Waals surface area contributed by atoms with Gasteiger partial charge in [-0.2, -0.15) is 0 Å². The lowest BCUT2D eigenvalue weighted by atomic mass is 10.2. The van der Waals surface area contributed by atoms with Crippen molar-refractivity contribution in [3.63, 3.8) is 0 Å². The Labute approximate surface area is 133 Å². The minimum atomic E-state index is -3.83. The molecule has 0 aliphatic rings. The minimum Gasteiger partial charge on any atom is -0.497 e. The van der Waals surface area contributed by atoms with Crippen molar-refractivity contribution in [2.75, 3.05) is 11.8 Å². The Morgan fingerprint density at radius 3 is 2.57 bits per heavy atom. The lowest BCUT2D eigenvalue weighted by molar-refractivity contribution is 0.0697. The average Bonchev–Trinajstić information content (AvgIpc) is 2.86. The third kappa shape index (κ3) is 3.55. The number of thiophene rings is 1. The van der Waals surface area contributed by atoms with Crippen LogP contribution in [-0.4, -0.2) is 26.6 Å². The smallest absolute Gasteiger partial charge is 0.337 e. The van der Waals surface area contributed by atoms with Gasteiger partial charge in [0.05, 0.1) is 22.1 Å². The highest BCUT2D eigenvalue weighted by atomic mass is 79.9. The molecule has 0 saturated heterocycles. The van der Waals surface area contributed by atoms with Crippen LogP contribution >= 0.6 is 27.3 Å².